The molecule has 0 aliphatic carbocycles. The van der Waals surface area contributed by atoms with E-state index in [1.54, 1.807) is 6.92 Å². The Morgan fingerprint density at radius 1 is 1.71 bits per heavy atom. The maximum absolute atomic E-state index is 10.5. The number of likely N-dealkylation sites (tertiary alicyclic amines) is 1. The lowest BCUT2D eigenvalue weighted by Gasteiger charge is -2.35. The van der Waals surface area contributed by atoms with Gasteiger partial charge in [-0.2, -0.15) is 4.98 Å². The predicted octanol–water partition coefficient (Wildman–Crippen LogP) is -0.106. The summed E-state index contributed by atoms with van der Waals surface area (Å²) in [4.78, 5) is 16.5. The molecule has 0 saturated carbocycles. The Morgan fingerprint density at radius 2 is 2.43 bits per heavy atom. The molecule has 2 rings (SSSR count). The quantitative estimate of drug-likeness (QED) is 0.728. The third-order valence-electron chi connectivity index (χ3n) is 2.23. The molecular formula is C8H11N3O3. The number of rotatable bonds is 3. The minimum atomic E-state index is -0.733. The van der Waals surface area contributed by atoms with Crippen molar-refractivity contribution in [3.05, 3.63) is 11.7 Å². The Labute approximate surface area is 80.5 Å². The van der Waals surface area contributed by atoms with Gasteiger partial charge in [0, 0.05) is 13.1 Å². The highest BCUT2D eigenvalue weighted by Crippen LogP contribution is 2.17. The zero-order valence-corrected chi connectivity index (χ0v) is 7.80. The van der Waals surface area contributed by atoms with Gasteiger partial charge in [0.25, 0.3) is 0 Å². The molecule has 1 aliphatic rings. The minimum Gasteiger partial charge on any atom is -0.481 e. The second-order valence-corrected chi connectivity index (χ2v) is 3.46. The van der Waals surface area contributed by atoms with Gasteiger partial charge in [-0.3, -0.25) is 9.69 Å². The summed E-state index contributed by atoms with van der Waals surface area (Å²) in [7, 11) is 0. The first kappa shape index (κ1) is 9.14. The van der Waals surface area contributed by atoms with Gasteiger partial charge in [0.2, 0.25) is 5.89 Å². The fourth-order valence-electron chi connectivity index (χ4n) is 1.45. The van der Waals surface area contributed by atoms with E-state index < -0.39 is 5.97 Å². The number of nitrogens with zero attached hydrogens (tertiary/aromatic N) is 3. The number of aryl methyl sites for hydroxylation is 1. The summed E-state index contributed by atoms with van der Waals surface area (Å²) in [5, 5.41) is 12.3. The van der Waals surface area contributed by atoms with Gasteiger partial charge in [0.15, 0.2) is 5.82 Å². The third kappa shape index (κ3) is 1.74. The highest BCUT2D eigenvalue weighted by Gasteiger charge is 2.33. The first-order valence-electron chi connectivity index (χ1n) is 4.39. The second kappa shape index (κ2) is 3.38. The number of aliphatic carboxylic acids is 1. The van der Waals surface area contributed by atoms with Crippen LogP contribution in [0.4, 0.5) is 0 Å². The number of hydrogen-bond donors (Lipinski definition) is 1. The van der Waals surface area contributed by atoms with Crippen molar-refractivity contribution in [2.45, 2.75) is 13.5 Å². The molecule has 6 heteroatoms. The van der Waals surface area contributed by atoms with E-state index in [1.807, 2.05) is 4.90 Å². The molecule has 0 spiro atoms. The fraction of sp³-hybridized carbons (Fsp3) is 0.625. The van der Waals surface area contributed by atoms with Crippen molar-refractivity contribution in [2.75, 3.05) is 13.1 Å². The van der Waals surface area contributed by atoms with Crippen LogP contribution < -0.4 is 0 Å². The average Bonchev–Trinajstić information content (AvgIpc) is 2.42. The molecule has 1 saturated heterocycles. The summed E-state index contributed by atoms with van der Waals surface area (Å²) in [6, 6.07) is 0. The van der Waals surface area contributed by atoms with Crippen molar-refractivity contribution in [2.24, 2.45) is 5.92 Å². The smallest absolute Gasteiger partial charge is 0.309 e. The first-order valence-corrected chi connectivity index (χ1v) is 4.39. The molecule has 0 bridgehead atoms. The van der Waals surface area contributed by atoms with Gasteiger partial charge in [0.1, 0.15) is 0 Å². The minimum absolute atomic E-state index is 0.237. The highest BCUT2D eigenvalue weighted by molar-refractivity contribution is 5.71. The predicted molar refractivity (Wildman–Crippen MR) is 45.4 cm³/mol. The monoisotopic (exact) mass is 197 g/mol. The average molecular weight is 197 g/mol. The lowest BCUT2D eigenvalue weighted by atomic mass is 10.0. The summed E-state index contributed by atoms with van der Waals surface area (Å²) in [6.07, 6.45) is 0. The number of aromatic nitrogens is 2. The summed E-state index contributed by atoms with van der Waals surface area (Å²) in [5.41, 5.74) is 0. The maximum atomic E-state index is 10.5. The molecule has 0 amide bonds. The van der Waals surface area contributed by atoms with Crippen molar-refractivity contribution in [1.82, 2.24) is 15.0 Å². The molecule has 1 N–H and O–H groups in total. The molecule has 76 valence electrons. The molecule has 1 aromatic heterocycles. The zero-order valence-electron chi connectivity index (χ0n) is 7.80. The Bertz CT molecular complexity index is 343. The van der Waals surface area contributed by atoms with E-state index in [-0.39, 0.29) is 5.92 Å². The summed E-state index contributed by atoms with van der Waals surface area (Å²) < 4.78 is 4.92. The van der Waals surface area contributed by atoms with Gasteiger partial charge >= 0.3 is 5.97 Å². The van der Waals surface area contributed by atoms with Crippen molar-refractivity contribution >= 4 is 5.97 Å². The summed E-state index contributed by atoms with van der Waals surface area (Å²) >= 11 is 0. The molecule has 2 heterocycles. The van der Waals surface area contributed by atoms with Gasteiger partial charge in [-0.25, -0.2) is 0 Å². The number of carboxylic acids is 1. The molecule has 6 nitrogen and oxygen atoms in total. The molecule has 14 heavy (non-hydrogen) atoms. The Balaban J connectivity index is 1.82. The van der Waals surface area contributed by atoms with Crippen LogP contribution in [0.5, 0.6) is 0 Å². The van der Waals surface area contributed by atoms with Crippen molar-refractivity contribution in [1.29, 1.82) is 0 Å². The molecule has 0 aromatic carbocycles. The Kier molecular flexibility index (Phi) is 2.20. The number of carboxylic acid groups (broad SMARTS) is 1. The lowest BCUT2D eigenvalue weighted by Crippen LogP contribution is -2.49. The van der Waals surface area contributed by atoms with Crippen LogP contribution in [0.2, 0.25) is 0 Å². The van der Waals surface area contributed by atoms with E-state index in [1.165, 1.54) is 0 Å². The van der Waals surface area contributed by atoms with Crippen LogP contribution in [-0.4, -0.2) is 39.2 Å². The van der Waals surface area contributed by atoms with Gasteiger partial charge in [-0.1, -0.05) is 5.16 Å². The Hall–Kier alpha value is -1.43. The summed E-state index contributed by atoms with van der Waals surface area (Å²) in [6.45, 7) is 3.43. The van der Waals surface area contributed by atoms with Gasteiger partial charge in [-0.15, -0.1) is 0 Å². The molecule has 1 aromatic rings. The van der Waals surface area contributed by atoms with Crippen LogP contribution in [0, 0.1) is 12.8 Å². The number of carbonyl (C=O) groups is 1. The van der Waals surface area contributed by atoms with E-state index in [4.69, 9.17) is 9.63 Å². The van der Waals surface area contributed by atoms with Crippen LogP contribution in [-0.2, 0) is 11.3 Å². The van der Waals surface area contributed by atoms with E-state index in [0.717, 1.165) is 0 Å². The van der Waals surface area contributed by atoms with Crippen LogP contribution in [0.1, 0.15) is 11.7 Å². The van der Waals surface area contributed by atoms with Gasteiger partial charge < -0.3 is 9.63 Å². The van der Waals surface area contributed by atoms with Crippen LogP contribution in [0.25, 0.3) is 0 Å². The second-order valence-electron chi connectivity index (χ2n) is 3.46. The van der Waals surface area contributed by atoms with Crippen LogP contribution >= 0.6 is 0 Å². The largest absolute Gasteiger partial charge is 0.481 e. The van der Waals surface area contributed by atoms with Gasteiger partial charge in [-0.05, 0) is 6.92 Å². The molecule has 1 fully saturated rings. The van der Waals surface area contributed by atoms with Crippen LogP contribution in [0.15, 0.2) is 4.52 Å². The van der Waals surface area contributed by atoms with Crippen molar-refractivity contribution < 1.29 is 14.4 Å². The van der Waals surface area contributed by atoms with E-state index in [9.17, 15) is 4.79 Å². The Morgan fingerprint density at radius 3 is 2.93 bits per heavy atom. The molecular weight excluding hydrogens is 186 g/mol. The first-order chi connectivity index (χ1) is 6.65. The topological polar surface area (TPSA) is 79.5 Å². The fourth-order valence-corrected chi connectivity index (χ4v) is 1.45. The van der Waals surface area contributed by atoms with E-state index in [2.05, 4.69) is 10.1 Å². The van der Waals surface area contributed by atoms with Crippen LogP contribution in [0.3, 0.4) is 0 Å². The van der Waals surface area contributed by atoms with Crippen molar-refractivity contribution in [3.8, 4) is 0 Å². The zero-order chi connectivity index (χ0) is 10.1. The molecule has 0 unspecified atom stereocenters. The van der Waals surface area contributed by atoms with Gasteiger partial charge in [0.05, 0.1) is 12.5 Å². The third-order valence-corrected chi connectivity index (χ3v) is 2.23. The maximum Gasteiger partial charge on any atom is 0.309 e. The lowest BCUT2D eigenvalue weighted by molar-refractivity contribution is -0.147. The molecule has 0 atom stereocenters. The highest BCUT2D eigenvalue weighted by atomic mass is 16.5. The normalized spacial score (nSPS) is 18.1. The molecule has 0 radical (unpaired) electrons. The molecule has 1 aliphatic heterocycles. The van der Waals surface area contributed by atoms with Crippen molar-refractivity contribution in [3.63, 3.8) is 0 Å². The standard InChI is InChI=1S/C8H11N3O3/c1-5-9-7(14-10-5)4-11-2-6(3-11)8(12)13/h6H,2-4H2,1H3,(H,12,13). The summed E-state index contributed by atoms with van der Waals surface area (Å²) in [5.74, 6) is 0.184. The number of hydrogen-bond acceptors (Lipinski definition) is 5. The SMILES string of the molecule is Cc1noc(CN2CC(C(=O)O)C2)n1. The van der Waals surface area contributed by atoms with E-state index in [0.29, 0.717) is 31.3 Å². The van der Waals surface area contributed by atoms with E-state index >= 15 is 0 Å².